The van der Waals surface area contributed by atoms with Gasteiger partial charge in [0.1, 0.15) is 11.6 Å². The number of hydrogen-bond donors (Lipinski definition) is 0. The summed E-state index contributed by atoms with van der Waals surface area (Å²) in [6.07, 6.45) is 1.79. The van der Waals surface area contributed by atoms with Crippen molar-refractivity contribution in [3.05, 3.63) is 70.3 Å². The molecule has 2 heterocycles. The molecule has 0 amide bonds. The number of hydrogen-bond acceptors (Lipinski definition) is 4. The molecule has 0 saturated heterocycles. The molecule has 0 unspecified atom stereocenters. The maximum atomic E-state index is 12.5. The molecule has 3 aromatic rings. The van der Waals surface area contributed by atoms with Crippen LogP contribution in [0.25, 0.3) is 10.9 Å². The average Bonchev–Trinajstić information content (AvgIpc) is 3.09. The highest BCUT2D eigenvalue weighted by molar-refractivity contribution is 5.97. The lowest BCUT2D eigenvalue weighted by molar-refractivity contribution is 0.0921. The van der Waals surface area contributed by atoms with Crippen molar-refractivity contribution in [2.45, 2.75) is 19.4 Å². The van der Waals surface area contributed by atoms with Crippen molar-refractivity contribution >= 4 is 16.7 Å². The summed E-state index contributed by atoms with van der Waals surface area (Å²) in [4.78, 5) is 29.2. The van der Waals surface area contributed by atoms with Crippen LogP contribution in [0.3, 0.4) is 0 Å². The van der Waals surface area contributed by atoms with Gasteiger partial charge in [0.25, 0.3) is 5.56 Å². The van der Waals surface area contributed by atoms with Crippen LogP contribution in [0.2, 0.25) is 0 Å². The summed E-state index contributed by atoms with van der Waals surface area (Å²) >= 11 is 0. The van der Waals surface area contributed by atoms with E-state index in [0.29, 0.717) is 28.8 Å². The monoisotopic (exact) mass is 320 g/mol. The number of carbonyl (C=O) groups is 1. The largest absolute Gasteiger partial charge is 0.485 e. The Hall–Kier alpha value is -2.95. The fraction of sp³-hybridized carbons (Fsp3) is 0.211. The zero-order chi connectivity index (χ0) is 16.5. The van der Waals surface area contributed by atoms with Crippen molar-refractivity contribution in [3.63, 3.8) is 0 Å². The first-order valence-corrected chi connectivity index (χ1v) is 7.97. The van der Waals surface area contributed by atoms with Gasteiger partial charge in [0.2, 0.25) is 0 Å². The van der Waals surface area contributed by atoms with Gasteiger partial charge in [-0.25, -0.2) is 4.98 Å². The minimum atomic E-state index is -0.0977. The van der Waals surface area contributed by atoms with Crippen LogP contribution in [0, 0.1) is 0 Å². The molecule has 2 aromatic carbocycles. The van der Waals surface area contributed by atoms with E-state index in [4.69, 9.17) is 4.74 Å². The Morgan fingerprint density at radius 3 is 2.83 bits per heavy atom. The van der Waals surface area contributed by atoms with Crippen molar-refractivity contribution in [1.82, 2.24) is 9.55 Å². The first-order valence-electron chi connectivity index (χ1n) is 7.97. The van der Waals surface area contributed by atoms with Crippen LogP contribution in [-0.4, -0.2) is 21.9 Å². The highest BCUT2D eigenvalue weighted by Gasteiger charge is 2.16. The third-order valence-corrected chi connectivity index (χ3v) is 4.25. The number of Topliss-reactive ketones (excluding diaryl/α,β-unsaturated/α-hetero) is 1. The second-order valence-electron chi connectivity index (χ2n) is 5.85. The van der Waals surface area contributed by atoms with Gasteiger partial charge in [0.05, 0.1) is 10.9 Å². The first kappa shape index (κ1) is 14.6. The molecule has 0 bridgehead atoms. The molecule has 0 atom stereocenters. The third-order valence-electron chi connectivity index (χ3n) is 4.25. The van der Waals surface area contributed by atoms with E-state index in [-0.39, 0.29) is 17.9 Å². The van der Waals surface area contributed by atoms with Crippen molar-refractivity contribution in [1.29, 1.82) is 0 Å². The molecule has 0 fully saturated rings. The number of carbonyl (C=O) groups excluding carboxylic acids is 1. The predicted molar refractivity (Wildman–Crippen MR) is 90.6 cm³/mol. The Morgan fingerprint density at radius 1 is 1.17 bits per heavy atom. The maximum Gasteiger partial charge on any atom is 0.261 e. The van der Waals surface area contributed by atoms with Gasteiger partial charge in [-0.1, -0.05) is 30.3 Å². The lowest BCUT2D eigenvalue weighted by Gasteiger charge is -2.08. The molecule has 0 N–H and O–H groups in total. The molecular formula is C19H16N2O3. The normalized spacial score (nSPS) is 13.0. The number of benzene rings is 2. The van der Waals surface area contributed by atoms with Crippen LogP contribution in [-0.2, 0) is 13.0 Å². The van der Waals surface area contributed by atoms with E-state index in [1.165, 1.54) is 0 Å². The van der Waals surface area contributed by atoms with E-state index in [1.54, 1.807) is 34.9 Å². The quantitative estimate of drug-likeness (QED) is 0.693. The van der Waals surface area contributed by atoms with E-state index < -0.39 is 0 Å². The van der Waals surface area contributed by atoms with Gasteiger partial charge in [0.15, 0.2) is 12.4 Å². The fourth-order valence-corrected chi connectivity index (χ4v) is 3.01. The summed E-state index contributed by atoms with van der Waals surface area (Å²) in [6, 6.07) is 14.2. The molecule has 0 saturated carbocycles. The highest BCUT2D eigenvalue weighted by Crippen LogP contribution is 2.20. The van der Waals surface area contributed by atoms with Crippen molar-refractivity contribution < 1.29 is 9.53 Å². The number of aryl methyl sites for hydroxylation is 1. The summed E-state index contributed by atoms with van der Waals surface area (Å²) in [5, 5.41) is 0.533. The first-order chi connectivity index (χ1) is 11.7. The topological polar surface area (TPSA) is 61.2 Å². The van der Waals surface area contributed by atoms with Crippen LogP contribution in [0.1, 0.15) is 22.6 Å². The van der Waals surface area contributed by atoms with E-state index >= 15 is 0 Å². The zero-order valence-corrected chi connectivity index (χ0v) is 13.1. The number of ketones is 1. The lowest BCUT2D eigenvalue weighted by Crippen LogP contribution is -2.21. The van der Waals surface area contributed by atoms with Crippen LogP contribution >= 0.6 is 0 Å². The minimum absolute atomic E-state index is 0.0349. The predicted octanol–water partition coefficient (Wildman–Crippen LogP) is 2.60. The molecule has 1 aliphatic rings. The fourth-order valence-electron chi connectivity index (χ4n) is 3.01. The Morgan fingerprint density at radius 2 is 2.00 bits per heavy atom. The van der Waals surface area contributed by atoms with Gasteiger partial charge in [-0.3, -0.25) is 14.2 Å². The molecular weight excluding hydrogens is 304 g/mol. The maximum absolute atomic E-state index is 12.5. The van der Waals surface area contributed by atoms with Gasteiger partial charge in [-0.2, -0.15) is 0 Å². The molecule has 0 aliphatic carbocycles. The van der Waals surface area contributed by atoms with Gasteiger partial charge in [-0.15, -0.1) is 0 Å². The Balaban J connectivity index is 1.59. The number of rotatable bonds is 4. The molecule has 5 nitrogen and oxygen atoms in total. The lowest BCUT2D eigenvalue weighted by atomic mass is 10.1. The number of ether oxygens (including phenoxy) is 1. The Labute approximate surface area is 138 Å². The number of nitrogens with zero attached hydrogens (tertiary/aromatic N) is 2. The van der Waals surface area contributed by atoms with Gasteiger partial charge in [0, 0.05) is 18.5 Å². The van der Waals surface area contributed by atoms with Crippen molar-refractivity contribution in [2.24, 2.45) is 0 Å². The summed E-state index contributed by atoms with van der Waals surface area (Å²) in [5.41, 5.74) is 1.25. The van der Waals surface area contributed by atoms with Gasteiger partial charge >= 0.3 is 0 Å². The van der Waals surface area contributed by atoms with Crippen molar-refractivity contribution in [2.75, 3.05) is 6.61 Å². The second-order valence-corrected chi connectivity index (χ2v) is 5.85. The Kier molecular flexibility index (Phi) is 3.61. The van der Waals surface area contributed by atoms with Gasteiger partial charge in [-0.05, 0) is 24.6 Å². The van der Waals surface area contributed by atoms with Crippen LogP contribution in [0.15, 0.2) is 53.3 Å². The van der Waals surface area contributed by atoms with Crippen LogP contribution < -0.4 is 10.3 Å². The van der Waals surface area contributed by atoms with E-state index in [0.717, 1.165) is 18.7 Å². The average molecular weight is 320 g/mol. The van der Waals surface area contributed by atoms with Gasteiger partial charge < -0.3 is 4.74 Å². The molecule has 4 rings (SSSR count). The summed E-state index contributed by atoms with van der Waals surface area (Å²) in [6.45, 7) is 0.657. The third kappa shape index (κ3) is 2.58. The van der Waals surface area contributed by atoms with E-state index in [2.05, 4.69) is 4.98 Å². The van der Waals surface area contributed by atoms with Crippen LogP contribution in [0.5, 0.6) is 5.75 Å². The molecule has 5 heteroatoms. The summed E-state index contributed by atoms with van der Waals surface area (Å²) in [5.74, 6) is 1.25. The Bertz CT molecular complexity index is 977. The second kappa shape index (κ2) is 5.92. The van der Waals surface area contributed by atoms with Crippen LogP contribution in [0.4, 0.5) is 0 Å². The minimum Gasteiger partial charge on any atom is -0.485 e. The molecule has 0 radical (unpaired) electrons. The molecule has 120 valence electrons. The molecule has 1 aromatic heterocycles. The van der Waals surface area contributed by atoms with Crippen molar-refractivity contribution in [3.8, 4) is 5.75 Å². The van der Waals surface area contributed by atoms with E-state index in [9.17, 15) is 9.59 Å². The standard InChI is InChI=1S/C19H16N2O3/c22-17(13-5-2-1-3-6-13)12-24-14-8-9-16-15(11-14)19(23)21-10-4-7-18(21)20-16/h1-3,5-6,8-9,11H,4,7,10,12H2. The zero-order valence-electron chi connectivity index (χ0n) is 13.1. The number of aromatic nitrogens is 2. The smallest absolute Gasteiger partial charge is 0.261 e. The molecule has 1 aliphatic heterocycles. The molecule has 24 heavy (non-hydrogen) atoms. The van der Waals surface area contributed by atoms with E-state index in [1.807, 2.05) is 18.2 Å². The summed E-state index contributed by atoms with van der Waals surface area (Å²) in [7, 11) is 0. The SMILES string of the molecule is O=C(COc1ccc2nc3n(c(=O)c2c1)CCC3)c1ccccc1. The summed E-state index contributed by atoms with van der Waals surface area (Å²) < 4.78 is 7.30. The molecule has 0 spiro atoms. The highest BCUT2D eigenvalue weighted by atomic mass is 16.5. The number of fused-ring (bicyclic) bond motifs is 2.